The van der Waals surface area contributed by atoms with E-state index in [0.717, 1.165) is 11.0 Å². The van der Waals surface area contributed by atoms with Crippen molar-refractivity contribution in [2.45, 2.75) is 13.5 Å². The highest BCUT2D eigenvalue weighted by molar-refractivity contribution is 6.02. The summed E-state index contributed by atoms with van der Waals surface area (Å²) in [6.07, 6.45) is 1.53. The molecule has 0 radical (unpaired) electrons. The Morgan fingerprint density at radius 2 is 1.96 bits per heavy atom. The van der Waals surface area contributed by atoms with Crippen molar-refractivity contribution in [3.05, 3.63) is 75.1 Å². The van der Waals surface area contributed by atoms with Crippen molar-refractivity contribution in [1.29, 1.82) is 0 Å². The van der Waals surface area contributed by atoms with Crippen LogP contribution < -0.4 is 16.5 Å². The molecular weight excluding hydrogens is 334 g/mol. The number of carbonyl (C=O) groups is 1. The van der Waals surface area contributed by atoms with Gasteiger partial charge in [0.15, 0.2) is 0 Å². The number of para-hydroxylation sites is 2. The summed E-state index contributed by atoms with van der Waals surface area (Å²) in [4.78, 5) is 43.0. The molecule has 8 nitrogen and oxygen atoms in total. The van der Waals surface area contributed by atoms with E-state index in [2.05, 4.69) is 15.4 Å². The first-order valence-electron chi connectivity index (χ1n) is 8.09. The lowest BCUT2D eigenvalue weighted by molar-refractivity contribution is 0.101. The number of fused-ring (bicyclic) bond motifs is 2. The Morgan fingerprint density at radius 1 is 1.15 bits per heavy atom. The maximum absolute atomic E-state index is 12.6. The minimum Gasteiger partial charge on any atom is -0.316 e. The van der Waals surface area contributed by atoms with Gasteiger partial charge >= 0.3 is 11.1 Å². The van der Waals surface area contributed by atoms with E-state index >= 15 is 0 Å². The van der Waals surface area contributed by atoms with Crippen molar-refractivity contribution >= 4 is 28.0 Å². The number of aromatic nitrogens is 4. The van der Waals surface area contributed by atoms with Gasteiger partial charge in [-0.3, -0.25) is 19.8 Å². The number of hydrogen-bond donors (Lipinski definition) is 2. The Hall–Kier alpha value is -3.68. The molecule has 0 atom stereocenters. The number of nitrogens with zero attached hydrogens (tertiary/aromatic N) is 3. The SMILES string of the molecule is CCn1c(=O)c(=O)[nH]c2cc(C(=O)Nn3cnc4ccccc43)ccc21. The number of H-pyrrole nitrogens is 1. The van der Waals surface area contributed by atoms with E-state index in [4.69, 9.17) is 0 Å². The normalized spacial score (nSPS) is 11.1. The van der Waals surface area contributed by atoms with Gasteiger partial charge in [-0.1, -0.05) is 12.1 Å². The number of nitrogens with one attached hydrogen (secondary N) is 2. The Bertz CT molecular complexity index is 1270. The fraction of sp³-hybridized carbons (Fsp3) is 0.111. The predicted octanol–water partition coefficient (Wildman–Crippen LogP) is 1.44. The van der Waals surface area contributed by atoms with E-state index < -0.39 is 11.1 Å². The summed E-state index contributed by atoms with van der Waals surface area (Å²) in [6, 6.07) is 12.2. The third-order valence-electron chi connectivity index (χ3n) is 4.23. The second-order valence-electron chi connectivity index (χ2n) is 5.78. The predicted molar refractivity (Wildman–Crippen MR) is 97.9 cm³/mol. The lowest BCUT2D eigenvalue weighted by Gasteiger charge is -2.10. The fourth-order valence-corrected chi connectivity index (χ4v) is 2.96. The number of carbonyl (C=O) groups excluding carboxylic acids is 1. The van der Waals surface area contributed by atoms with Gasteiger partial charge in [0.25, 0.3) is 5.91 Å². The van der Waals surface area contributed by atoms with Crippen molar-refractivity contribution in [3.8, 4) is 0 Å². The molecule has 0 fully saturated rings. The van der Waals surface area contributed by atoms with Gasteiger partial charge in [-0.05, 0) is 37.3 Å². The molecule has 2 aromatic carbocycles. The summed E-state index contributed by atoms with van der Waals surface area (Å²) < 4.78 is 2.91. The summed E-state index contributed by atoms with van der Waals surface area (Å²) in [7, 11) is 0. The maximum atomic E-state index is 12.6. The van der Waals surface area contributed by atoms with E-state index in [9.17, 15) is 14.4 Å². The molecule has 130 valence electrons. The number of aryl methyl sites for hydroxylation is 1. The molecule has 0 aliphatic heterocycles. The first kappa shape index (κ1) is 15.8. The van der Waals surface area contributed by atoms with Crippen LogP contribution in [0, 0.1) is 0 Å². The molecule has 0 saturated heterocycles. The summed E-state index contributed by atoms with van der Waals surface area (Å²) >= 11 is 0. The molecule has 2 N–H and O–H groups in total. The third kappa shape index (κ3) is 2.48. The summed E-state index contributed by atoms with van der Waals surface area (Å²) in [5, 5.41) is 0. The van der Waals surface area contributed by atoms with E-state index in [1.807, 2.05) is 24.3 Å². The maximum Gasteiger partial charge on any atom is 0.316 e. The number of benzene rings is 2. The van der Waals surface area contributed by atoms with Crippen LogP contribution in [0.15, 0.2) is 58.4 Å². The number of amides is 1. The Morgan fingerprint density at radius 3 is 2.77 bits per heavy atom. The van der Waals surface area contributed by atoms with Crippen LogP contribution >= 0.6 is 0 Å². The van der Waals surface area contributed by atoms with Gasteiger partial charge in [-0.15, -0.1) is 0 Å². The van der Waals surface area contributed by atoms with Crippen LogP contribution in [-0.4, -0.2) is 25.1 Å². The van der Waals surface area contributed by atoms with Crippen molar-refractivity contribution in [2.24, 2.45) is 0 Å². The zero-order chi connectivity index (χ0) is 18.3. The highest BCUT2D eigenvalue weighted by Crippen LogP contribution is 2.14. The lowest BCUT2D eigenvalue weighted by Crippen LogP contribution is -2.36. The van der Waals surface area contributed by atoms with Crippen molar-refractivity contribution < 1.29 is 4.79 Å². The van der Waals surface area contributed by atoms with Crippen molar-refractivity contribution in [2.75, 3.05) is 5.43 Å². The fourth-order valence-electron chi connectivity index (χ4n) is 2.96. The molecule has 2 heterocycles. The molecule has 0 bridgehead atoms. The molecule has 8 heteroatoms. The molecule has 1 amide bonds. The third-order valence-corrected chi connectivity index (χ3v) is 4.23. The van der Waals surface area contributed by atoms with Gasteiger partial charge in [0.1, 0.15) is 6.33 Å². The lowest BCUT2D eigenvalue weighted by atomic mass is 10.2. The van der Waals surface area contributed by atoms with Crippen molar-refractivity contribution in [3.63, 3.8) is 0 Å². The van der Waals surface area contributed by atoms with Crippen LogP contribution in [0.4, 0.5) is 0 Å². The molecule has 0 saturated carbocycles. The van der Waals surface area contributed by atoms with Gasteiger partial charge in [0.2, 0.25) is 0 Å². The summed E-state index contributed by atoms with van der Waals surface area (Å²) in [5.74, 6) is -0.356. The van der Waals surface area contributed by atoms with Crippen LogP contribution in [0.5, 0.6) is 0 Å². The van der Waals surface area contributed by atoms with Gasteiger partial charge in [-0.2, -0.15) is 0 Å². The molecule has 0 spiro atoms. The average molecular weight is 349 g/mol. The van der Waals surface area contributed by atoms with Crippen LogP contribution in [0.1, 0.15) is 17.3 Å². The number of aromatic amines is 1. The van der Waals surface area contributed by atoms with Gasteiger partial charge < -0.3 is 9.55 Å². The van der Waals surface area contributed by atoms with E-state index in [1.54, 1.807) is 25.1 Å². The molecule has 0 aliphatic carbocycles. The monoisotopic (exact) mass is 349 g/mol. The van der Waals surface area contributed by atoms with Crippen LogP contribution in [0.2, 0.25) is 0 Å². The topological polar surface area (TPSA) is 102 Å². The largest absolute Gasteiger partial charge is 0.316 e. The Balaban J connectivity index is 1.74. The van der Waals surface area contributed by atoms with Gasteiger partial charge in [0.05, 0.1) is 22.1 Å². The smallest absolute Gasteiger partial charge is 0.316 e. The number of hydrogen-bond acceptors (Lipinski definition) is 4. The summed E-state index contributed by atoms with van der Waals surface area (Å²) in [5.41, 5.74) is 4.33. The quantitative estimate of drug-likeness (QED) is 0.547. The molecule has 0 aliphatic rings. The molecule has 2 aromatic heterocycles. The van der Waals surface area contributed by atoms with Gasteiger partial charge in [0, 0.05) is 12.1 Å². The zero-order valence-electron chi connectivity index (χ0n) is 13.9. The van der Waals surface area contributed by atoms with Crippen LogP contribution in [-0.2, 0) is 6.54 Å². The van der Waals surface area contributed by atoms with E-state index in [-0.39, 0.29) is 5.91 Å². The van der Waals surface area contributed by atoms with Gasteiger partial charge in [-0.25, -0.2) is 9.66 Å². The molecular formula is C18H15N5O3. The van der Waals surface area contributed by atoms with Crippen LogP contribution in [0.25, 0.3) is 22.1 Å². The minimum atomic E-state index is -0.711. The minimum absolute atomic E-state index is 0.354. The highest BCUT2D eigenvalue weighted by atomic mass is 16.2. The molecule has 26 heavy (non-hydrogen) atoms. The standard InChI is InChI=1S/C18H15N5O3/c1-2-22-14-8-7-11(9-13(14)20-17(25)18(22)26)16(24)21-23-10-19-12-5-3-4-6-15(12)23/h3-10H,2H2,1H3,(H,20,25)(H,21,24). The highest BCUT2D eigenvalue weighted by Gasteiger charge is 2.12. The first-order valence-corrected chi connectivity index (χ1v) is 8.09. The van der Waals surface area contributed by atoms with Crippen molar-refractivity contribution in [1.82, 2.24) is 19.2 Å². The number of imidazole rings is 1. The second-order valence-corrected chi connectivity index (χ2v) is 5.78. The van der Waals surface area contributed by atoms with Crippen LogP contribution in [0.3, 0.4) is 0 Å². The molecule has 4 aromatic rings. The van der Waals surface area contributed by atoms with E-state index in [1.165, 1.54) is 15.6 Å². The molecule has 4 rings (SSSR count). The Kier molecular flexibility index (Phi) is 3.65. The second kappa shape index (κ2) is 5.99. The molecule has 0 unspecified atom stereocenters. The zero-order valence-corrected chi connectivity index (χ0v) is 13.9. The van der Waals surface area contributed by atoms with E-state index in [0.29, 0.717) is 23.1 Å². The average Bonchev–Trinajstić information content (AvgIpc) is 3.05. The summed E-state index contributed by atoms with van der Waals surface area (Å²) in [6.45, 7) is 2.15. The number of rotatable bonds is 3. The Labute approximate surface area is 146 Å². The first-order chi connectivity index (χ1) is 12.6.